The van der Waals surface area contributed by atoms with Crippen LogP contribution >= 0.6 is 24.0 Å². The Balaban J connectivity index is 0.00000208. The van der Waals surface area contributed by atoms with Crippen molar-refractivity contribution in [2.24, 2.45) is 0 Å². The van der Waals surface area contributed by atoms with Crippen molar-refractivity contribution >= 4 is 24.0 Å². The van der Waals surface area contributed by atoms with Crippen molar-refractivity contribution in [1.29, 1.82) is 0 Å². The van der Waals surface area contributed by atoms with Gasteiger partial charge in [-0.3, -0.25) is 0 Å². The first-order valence-electron chi connectivity index (χ1n) is 8.10. The second kappa shape index (κ2) is 9.28. The third-order valence-corrected chi connectivity index (χ3v) is 4.55. The summed E-state index contributed by atoms with van der Waals surface area (Å²) in [4.78, 5) is 0. The standard InChI is InChI=1S/C19H22ClNO2.ClH/c20-17-9-3-4-11-19(17)23-13-15(22)12-21-18-10-5-7-14-6-1-2-8-16(14)18;/h1-4,6,8-9,11,15,18,21-22H,5,7,10,12-13H2;1H. The van der Waals surface area contributed by atoms with Gasteiger partial charge in [0, 0.05) is 12.6 Å². The summed E-state index contributed by atoms with van der Waals surface area (Å²) in [6.07, 6.45) is 2.86. The van der Waals surface area contributed by atoms with Crippen LogP contribution in [0.15, 0.2) is 48.5 Å². The largest absolute Gasteiger partial charge is 0.489 e. The first-order chi connectivity index (χ1) is 11.2. The first-order valence-corrected chi connectivity index (χ1v) is 8.48. The van der Waals surface area contributed by atoms with Gasteiger partial charge in [0.05, 0.1) is 5.02 Å². The van der Waals surface area contributed by atoms with E-state index in [1.807, 2.05) is 12.1 Å². The SMILES string of the molecule is Cl.OC(CNC1CCCc2ccccc21)COc1ccccc1Cl. The number of para-hydroxylation sites is 1. The van der Waals surface area contributed by atoms with E-state index in [1.165, 1.54) is 17.5 Å². The van der Waals surface area contributed by atoms with Crippen molar-refractivity contribution in [2.45, 2.75) is 31.4 Å². The summed E-state index contributed by atoms with van der Waals surface area (Å²) in [5.41, 5.74) is 2.77. The first kappa shape index (κ1) is 19.1. The van der Waals surface area contributed by atoms with E-state index in [0.717, 1.165) is 12.8 Å². The summed E-state index contributed by atoms with van der Waals surface area (Å²) in [6.45, 7) is 0.731. The van der Waals surface area contributed by atoms with E-state index in [4.69, 9.17) is 16.3 Å². The molecule has 0 radical (unpaired) electrons. The highest BCUT2D eigenvalue weighted by Gasteiger charge is 2.20. The van der Waals surface area contributed by atoms with Crippen molar-refractivity contribution in [3.05, 3.63) is 64.7 Å². The zero-order chi connectivity index (χ0) is 16.1. The van der Waals surface area contributed by atoms with Gasteiger partial charge in [-0.2, -0.15) is 0 Å². The minimum atomic E-state index is -0.569. The average molecular weight is 368 g/mol. The number of halogens is 2. The Kier molecular flexibility index (Phi) is 7.38. The molecule has 0 heterocycles. The molecule has 24 heavy (non-hydrogen) atoms. The topological polar surface area (TPSA) is 41.5 Å². The molecule has 130 valence electrons. The summed E-state index contributed by atoms with van der Waals surface area (Å²) in [6, 6.07) is 16.2. The van der Waals surface area contributed by atoms with E-state index in [2.05, 4.69) is 29.6 Å². The second-order valence-corrected chi connectivity index (χ2v) is 6.35. The molecule has 0 bridgehead atoms. The fourth-order valence-electron chi connectivity index (χ4n) is 3.05. The molecular weight excluding hydrogens is 345 g/mol. The zero-order valence-electron chi connectivity index (χ0n) is 13.5. The smallest absolute Gasteiger partial charge is 0.138 e. The number of benzene rings is 2. The Hall–Kier alpha value is -1.26. The predicted molar refractivity (Wildman–Crippen MR) is 100 cm³/mol. The molecule has 2 aromatic carbocycles. The van der Waals surface area contributed by atoms with E-state index in [1.54, 1.807) is 12.1 Å². The third-order valence-electron chi connectivity index (χ3n) is 4.24. The highest BCUT2D eigenvalue weighted by Crippen LogP contribution is 2.29. The highest BCUT2D eigenvalue weighted by molar-refractivity contribution is 6.32. The third kappa shape index (κ3) is 4.87. The maximum atomic E-state index is 10.1. The van der Waals surface area contributed by atoms with Crippen LogP contribution in [0.3, 0.4) is 0 Å². The predicted octanol–water partition coefficient (Wildman–Crippen LogP) is 4.17. The van der Waals surface area contributed by atoms with E-state index in [9.17, 15) is 5.11 Å². The summed E-state index contributed by atoms with van der Waals surface area (Å²) >= 11 is 6.04. The molecule has 0 saturated carbocycles. The number of aryl methyl sites for hydroxylation is 1. The second-order valence-electron chi connectivity index (χ2n) is 5.95. The van der Waals surface area contributed by atoms with Crippen LogP contribution in [0.1, 0.15) is 30.0 Å². The van der Waals surface area contributed by atoms with Gasteiger partial charge in [-0.15, -0.1) is 12.4 Å². The van der Waals surface area contributed by atoms with Crippen molar-refractivity contribution in [2.75, 3.05) is 13.2 Å². The molecule has 0 spiro atoms. The van der Waals surface area contributed by atoms with Gasteiger partial charge in [-0.05, 0) is 42.5 Å². The number of nitrogens with one attached hydrogen (secondary N) is 1. The van der Waals surface area contributed by atoms with Crippen LogP contribution in [0.25, 0.3) is 0 Å². The lowest BCUT2D eigenvalue weighted by Crippen LogP contribution is -2.35. The molecule has 2 aromatic rings. The molecular formula is C19H23Cl2NO2. The number of hydrogen-bond donors (Lipinski definition) is 2. The van der Waals surface area contributed by atoms with Crippen LogP contribution in [0.2, 0.25) is 5.02 Å². The van der Waals surface area contributed by atoms with Gasteiger partial charge < -0.3 is 15.2 Å². The Bertz CT molecular complexity index is 651. The van der Waals surface area contributed by atoms with Crippen molar-refractivity contribution in [3.63, 3.8) is 0 Å². The normalized spacial score (nSPS) is 17.5. The molecule has 0 aromatic heterocycles. The van der Waals surface area contributed by atoms with Gasteiger partial charge in [-0.25, -0.2) is 0 Å². The number of aliphatic hydroxyl groups is 1. The minimum absolute atomic E-state index is 0. The maximum absolute atomic E-state index is 10.1. The molecule has 0 aliphatic heterocycles. The molecule has 3 rings (SSSR count). The van der Waals surface area contributed by atoms with Gasteiger partial charge in [0.2, 0.25) is 0 Å². The molecule has 0 amide bonds. The number of aliphatic hydroxyl groups excluding tert-OH is 1. The Morgan fingerprint density at radius 1 is 1.17 bits per heavy atom. The Morgan fingerprint density at radius 3 is 2.75 bits per heavy atom. The number of fused-ring (bicyclic) bond motifs is 1. The van der Waals surface area contributed by atoms with Crippen LogP contribution in [-0.4, -0.2) is 24.4 Å². The highest BCUT2D eigenvalue weighted by atomic mass is 35.5. The van der Waals surface area contributed by atoms with E-state index in [-0.39, 0.29) is 19.0 Å². The summed E-state index contributed by atoms with van der Waals surface area (Å²) in [7, 11) is 0. The van der Waals surface area contributed by atoms with Crippen molar-refractivity contribution in [1.82, 2.24) is 5.32 Å². The summed E-state index contributed by atoms with van der Waals surface area (Å²) < 4.78 is 5.59. The minimum Gasteiger partial charge on any atom is -0.489 e. The van der Waals surface area contributed by atoms with E-state index in [0.29, 0.717) is 23.4 Å². The fourth-order valence-corrected chi connectivity index (χ4v) is 3.24. The van der Waals surface area contributed by atoms with Gasteiger partial charge in [0.15, 0.2) is 0 Å². The molecule has 1 aliphatic carbocycles. The zero-order valence-corrected chi connectivity index (χ0v) is 15.0. The average Bonchev–Trinajstić information content (AvgIpc) is 2.59. The van der Waals surface area contributed by atoms with Gasteiger partial charge in [0.1, 0.15) is 18.5 Å². The molecule has 0 saturated heterocycles. The molecule has 3 nitrogen and oxygen atoms in total. The quantitative estimate of drug-likeness (QED) is 0.804. The van der Waals surface area contributed by atoms with E-state index >= 15 is 0 Å². The fraction of sp³-hybridized carbons (Fsp3) is 0.368. The molecule has 2 N–H and O–H groups in total. The molecule has 2 unspecified atom stereocenters. The van der Waals surface area contributed by atoms with Crippen LogP contribution < -0.4 is 10.1 Å². The Morgan fingerprint density at radius 2 is 1.92 bits per heavy atom. The Labute approximate surface area is 154 Å². The van der Waals surface area contributed by atoms with Crippen molar-refractivity contribution < 1.29 is 9.84 Å². The maximum Gasteiger partial charge on any atom is 0.138 e. The lowest BCUT2D eigenvalue weighted by Gasteiger charge is -2.27. The molecule has 2 atom stereocenters. The molecule has 5 heteroatoms. The number of rotatable bonds is 6. The van der Waals surface area contributed by atoms with Crippen LogP contribution in [0.4, 0.5) is 0 Å². The number of hydrogen-bond acceptors (Lipinski definition) is 3. The number of ether oxygens (including phenoxy) is 1. The van der Waals surface area contributed by atoms with Crippen LogP contribution in [0, 0.1) is 0 Å². The molecule has 0 fully saturated rings. The monoisotopic (exact) mass is 367 g/mol. The lowest BCUT2D eigenvalue weighted by atomic mass is 9.88. The van der Waals surface area contributed by atoms with E-state index < -0.39 is 6.10 Å². The van der Waals surface area contributed by atoms with Crippen LogP contribution in [0.5, 0.6) is 5.75 Å². The van der Waals surface area contributed by atoms with Gasteiger partial charge >= 0.3 is 0 Å². The molecule has 1 aliphatic rings. The van der Waals surface area contributed by atoms with Gasteiger partial charge in [-0.1, -0.05) is 48.0 Å². The van der Waals surface area contributed by atoms with Gasteiger partial charge in [0.25, 0.3) is 0 Å². The summed E-state index contributed by atoms with van der Waals surface area (Å²) in [5, 5.41) is 14.2. The van der Waals surface area contributed by atoms with Crippen LogP contribution in [-0.2, 0) is 6.42 Å². The summed E-state index contributed by atoms with van der Waals surface area (Å²) in [5.74, 6) is 0.608. The van der Waals surface area contributed by atoms with Crippen molar-refractivity contribution in [3.8, 4) is 5.75 Å². The lowest BCUT2D eigenvalue weighted by molar-refractivity contribution is 0.103.